The second-order valence-corrected chi connectivity index (χ2v) is 8.71. The van der Waals surface area contributed by atoms with E-state index in [1.54, 1.807) is 18.4 Å². The SMILES string of the molecule is CN=C(NCCC(=O)N1CCc2sccc2C1)NC(C)Cc1c(C)nn(C)c1C.I. The molecule has 0 radical (unpaired) electrons. The van der Waals surface area contributed by atoms with E-state index in [0.717, 1.165) is 37.6 Å². The van der Waals surface area contributed by atoms with Crippen LogP contribution in [0.2, 0.25) is 0 Å². The first-order chi connectivity index (χ1) is 13.9. The molecule has 166 valence electrons. The molecule has 0 saturated heterocycles. The van der Waals surface area contributed by atoms with E-state index in [-0.39, 0.29) is 35.9 Å². The van der Waals surface area contributed by atoms with Crippen LogP contribution in [0.3, 0.4) is 0 Å². The molecule has 2 aromatic heterocycles. The van der Waals surface area contributed by atoms with Crippen molar-refractivity contribution in [2.45, 2.75) is 52.6 Å². The van der Waals surface area contributed by atoms with Gasteiger partial charge in [0.05, 0.1) is 5.69 Å². The normalized spacial score (nSPS) is 14.7. The van der Waals surface area contributed by atoms with Crippen LogP contribution in [0, 0.1) is 13.8 Å². The number of fused-ring (bicyclic) bond motifs is 1. The van der Waals surface area contributed by atoms with Crippen molar-refractivity contribution in [2.24, 2.45) is 12.0 Å². The standard InChI is InChI=1S/C21H32N6OS.HI/c1-14(12-18-15(2)25-26(5)16(18)3)24-21(22-4)23-9-6-20(28)27-10-7-19-17(13-27)8-11-29-19;/h8,11,14H,6-7,9-10,12-13H2,1-5H3,(H2,22,23,24);1H. The zero-order valence-electron chi connectivity index (χ0n) is 18.5. The molecule has 0 bridgehead atoms. The van der Waals surface area contributed by atoms with E-state index < -0.39 is 0 Å². The third-order valence-electron chi connectivity index (χ3n) is 5.57. The molecule has 1 aliphatic rings. The first-order valence-electron chi connectivity index (χ1n) is 10.2. The summed E-state index contributed by atoms with van der Waals surface area (Å²) in [5.41, 5.74) is 4.84. The van der Waals surface area contributed by atoms with Crippen LogP contribution in [-0.4, -0.2) is 52.7 Å². The summed E-state index contributed by atoms with van der Waals surface area (Å²) in [5, 5.41) is 13.3. The van der Waals surface area contributed by atoms with Crippen LogP contribution in [0.15, 0.2) is 16.4 Å². The van der Waals surface area contributed by atoms with Crippen molar-refractivity contribution in [3.8, 4) is 0 Å². The molecule has 3 heterocycles. The van der Waals surface area contributed by atoms with Gasteiger partial charge in [-0.15, -0.1) is 35.3 Å². The van der Waals surface area contributed by atoms with E-state index in [1.807, 2.05) is 23.6 Å². The van der Waals surface area contributed by atoms with E-state index in [9.17, 15) is 4.79 Å². The number of hydrogen-bond donors (Lipinski definition) is 2. The second kappa shape index (κ2) is 11.1. The van der Waals surface area contributed by atoms with Crippen LogP contribution in [0.5, 0.6) is 0 Å². The predicted molar refractivity (Wildman–Crippen MR) is 134 cm³/mol. The zero-order valence-corrected chi connectivity index (χ0v) is 21.6. The summed E-state index contributed by atoms with van der Waals surface area (Å²) in [6.07, 6.45) is 2.32. The molecule has 0 saturated carbocycles. The lowest BCUT2D eigenvalue weighted by molar-refractivity contribution is -0.131. The molecule has 3 rings (SSSR count). The molecule has 9 heteroatoms. The van der Waals surface area contributed by atoms with E-state index in [2.05, 4.69) is 46.0 Å². The van der Waals surface area contributed by atoms with Crippen LogP contribution < -0.4 is 10.6 Å². The number of thiophene rings is 1. The lowest BCUT2D eigenvalue weighted by Crippen LogP contribution is -2.44. The summed E-state index contributed by atoms with van der Waals surface area (Å²) in [4.78, 5) is 20.2. The second-order valence-electron chi connectivity index (χ2n) is 7.71. The Morgan fingerprint density at radius 3 is 2.83 bits per heavy atom. The fraction of sp³-hybridized carbons (Fsp3) is 0.571. The van der Waals surface area contributed by atoms with Gasteiger partial charge >= 0.3 is 0 Å². The summed E-state index contributed by atoms with van der Waals surface area (Å²) in [7, 11) is 3.73. The molecular weight excluding hydrogens is 511 g/mol. The number of nitrogens with one attached hydrogen (secondary N) is 2. The van der Waals surface area contributed by atoms with Gasteiger partial charge in [0.1, 0.15) is 0 Å². The Hall–Kier alpha value is -1.62. The van der Waals surface area contributed by atoms with E-state index in [0.29, 0.717) is 13.0 Å². The van der Waals surface area contributed by atoms with Crippen molar-refractivity contribution in [2.75, 3.05) is 20.1 Å². The number of hydrogen-bond acceptors (Lipinski definition) is 4. The van der Waals surface area contributed by atoms with Gasteiger partial charge in [0.15, 0.2) is 5.96 Å². The van der Waals surface area contributed by atoms with Crippen molar-refractivity contribution >= 4 is 47.2 Å². The highest BCUT2D eigenvalue weighted by Gasteiger charge is 2.21. The molecule has 1 aliphatic heterocycles. The molecule has 0 spiro atoms. The first kappa shape index (κ1) is 24.6. The number of aryl methyl sites for hydroxylation is 2. The summed E-state index contributed by atoms with van der Waals surface area (Å²) < 4.78 is 1.93. The van der Waals surface area contributed by atoms with Gasteiger partial charge in [0, 0.05) is 56.8 Å². The average molecular weight is 545 g/mol. The highest BCUT2D eigenvalue weighted by molar-refractivity contribution is 14.0. The monoisotopic (exact) mass is 544 g/mol. The fourth-order valence-electron chi connectivity index (χ4n) is 3.81. The lowest BCUT2D eigenvalue weighted by atomic mass is 10.1. The maximum absolute atomic E-state index is 12.6. The van der Waals surface area contributed by atoms with Crippen LogP contribution in [0.4, 0.5) is 0 Å². The van der Waals surface area contributed by atoms with Crippen LogP contribution in [0.25, 0.3) is 0 Å². The Morgan fingerprint density at radius 1 is 1.40 bits per heavy atom. The van der Waals surface area contributed by atoms with Gasteiger partial charge in [-0.05, 0) is 56.2 Å². The predicted octanol–water partition coefficient (Wildman–Crippen LogP) is 2.79. The quantitative estimate of drug-likeness (QED) is 0.333. The average Bonchev–Trinajstić information content (AvgIpc) is 3.26. The van der Waals surface area contributed by atoms with Gasteiger partial charge in [0.2, 0.25) is 5.91 Å². The third-order valence-corrected chi connectivity index (χ3v) is 6.59. The Balaban J connectivity index is 0.00000320. The largest absolute Gasteiger partial charge is 0.356 e. The Morgan fingerprint density at radius 2 is 2.17 bits per heavy atom. The van der Waals surface area contributed by atoms with Crippen LogP contribution in [0.1, 0.15) is 40.7 Å². The van der Waals surface area contributed by atoms with E-state index >= 15 is 0 Å². The number of halogens is 1. The Labute approximate surface area is 200 Å². The Bertz CT molecular complexity index is 890. The lowest BCUT2D eigenvalue weighted by Gasteiger charge is -2.27. The van der Waals surface area contributed by atoms with Crippen LogP contribution in [-0.2, 0) is 31.2 Å². The minimum absolute atomic E-state index is 0. The number of amides is 1. The maximum atomic E-state index is 12.6. The summed E-state index contributed by atoms with van der Waals surface area (Å²) in [5.74, 6) is 0.919. The maximum Gasteiger partial charge on any atom is 0.224 e. The number of carbonyl (C=O) groups is 1. The molecule has 0 aliphatic carbocycles. The smallest absolute Gasteiger partial charge is 0.224 e. The molecule has 0 aromatic carbocycles. The summed E-state index contributed by atoms with van der Waals surface area (Å²) in [6.45, 7) is 8.42. The molecule has 1 unspecified atom stereocenters. The van der Waals surface area contributed by atoms with Crippen molar-refractivity contribution in [3.63, 3.8) is 0 Å². The summed E-state index contributed by atoms with van der Waals surface area (Å²) in [6, 6.07) is 2.34. The highest BCUT2D eigenvalue weighted by atomic mass is 127. The highest BCUT2D eigenvalue weighted by Crippen LogP contribution is 2.24. The van der Waals surface area contributed by atoms with Gasteiger partial charge in [-0.1, -0.05) is 0 Å². The number of nitrogens with zero attached hydrogens (tertiary/aromatic N) is 4. The topological polar surface area (TPSA) is 74.6 Å². The molecule has 30 heavy (non-hydrogen) atoms. The molecule has 7 nitrogen and oxygen atoms in total. The van der Waals surface area contributed by atoms with Gasteiger partial charge < -0.3 is 15.5 Å². The number of aliphatic imine (C=N–C) groups is 1. The number of carbonyl (C=O) groups excluding carboxylic acids is 1. The molecule has 0 fully saturated rings. The molecule has 2 aromatic rings. The first-order valence-corrected chi connectivity index (χ1v) is 11.1. The molecule has 1 amide bonds. The minimum atomic E-state index is 0. The van der Waals surface area contributed by atoms with E-state index in [1.165, 1.54) is 21.7 Å². The Kier molecular flexibility index (Phi) is 9.14. The minimum Gasteiger partial charge on any atom is -0.356 e. The van der Waals surface area contributed by atoms with Gasteiger partial charge in [-0.2, -0.15) is 5.10 Å². The number of rotatable bonds is 6. The summed E-state index contributed by atoms with van der Waals surface area (Å²) >= 11 is 1.79. The van der Waals surface area contributed by atoms with Gasteiger partial charge in [0.25, 0.3) is 0 Å². The number of guanidine groups is 1. The molecule has 2 N–H and O–H groups in total. The van der Waals surface area contributed by atoms with E-state index in [4.69, 9.17) is 0 Å². The third kappa shape index (κ3) is 5.96. The zero-order chi connectivity index (χ0) is 21.0. The fourth-order valence-corrected chi connectivity index (χ4v) is 4.70. The van der Waals surface area contributed by atoms with Crippen molar-refractivity contribution in [1.82, 2.24) is 25.3 Å². The molecular formula is C21H33IN6OS. The van der Waals surface area contributed by atoms with Gasteiger partial charge in [-0.3, -0.25) is 14.5 Å². The number of aromatic nitrogens is 2. The van der Waals surface area contributed by atoms with Gasteiger partial charge in [-0.25, -0.2) is 0 Å². The van der Waals surface area contributed by atoms with Crippen LogP contribution >= 0.6 is 35.3 Å². The molecule has 1 atom stereocenters. The van der Waals surface area contributed by atoms with Crippen molar-refractivity contribution in [1.29, 1.82) is 0 Å². The van der Waals surface area contributed by atoms with Crippen molar-refractivity contribution in [3.05, 3.63) is 38.8 Å². The van der Waals surface area contributed by atoms with Crippen molar-refractivity contribution < 1.29 is 4.79 Å².